The van der Waals surface area contributed by atoms with E-state index < -0.39 is 5.97 Å². The summed E-state index contributed by atoms with van der Waals surface area (Å²) in [5.41, 5.74) is 1.09. The van der Waals surface area contributed by atoms with Gasteiger partial charge in [-0.25, -0.2) is 9.78 Å². The number of carbonyl (C=O) groups is 1. The number of nitrogens with zero attached hydrogens (tertiary/aromatic N) is 3. The van der Waals surface area contributed by atoms with Crippen LogP contribution in [0, 0.1) is 18.3 Å². The molecule has 0 unspecified atom stereocenters. The van der Waals surface area contributed by atoms with E-state index in [-0.39, 0.29) is 34.6 Å². The van der Waals surface area contributed by atoms with Crippen LogP contribution < -0.4 is 5.56 Å². The quantitative estimate of drug-likeness (QED) is 0.684. The molecule has 7 heteroatoms. The molecule has 0 fully saturated rings. The van der Waals surface area contributed by atoms with Crippen molar-refractivity contribution in [2.24, 2.45) is 7.05 Å². The number of rotatable bonds is 3. The number of hydrogen-bond donors (Lipinski definition) is 0. The third-order valence-electron chi connectivity index (χ3n) is 3.61. The van der Waals surface area contributed by atoms with Crippen molar-refractivity contribution >= 4 is 17.1 Å². The van der Waals surface area contributed by atoms with E-state index >= 15 is 0 Å². The monoisotopic (exact) mass is 323 g/mol. The minimum Gasteiger partial charge on any atom is -0.457 e. The van der Waals surface area contributed by atoms with Gasteiger partial charge in [-0.3, -0.25) is 4.79 Å². The molecule has 0 saturated carbocycles. The summed E-state index contributed by atoms with van der Waals surface area (Å²) in [5.74, 6) is -0.369. The molecule has 0 amide bonds. The number of ether oxygens (including phenoxy) is 1. The highest BCUT2D eigenvalue weighted by atomic mass is 16.5. The van der Waals surface area contributed by atoms with Gasteiger partial charge in [0.2, 0.25) is 5.71 Å². The summed E-state index contributed by atoms with van der Waals surface area (Å²) in [7, 11) is 1.54. The van der Waals surface area contributed by atoms with Gasteiger partial charge in [-0.2, -0.15) is 5.26 Å². The minimum atomic E-state index is -0.652. The van der Waals surface area contributed by atoms with Crippen LogP contribution >= 0.6 is 0 Å². The second-order valence-electron chi connectivity index (χ2n) is 5.26. The Morgan fingerprint density at radius 2 is 2.08 bits per heavy atom. The maximum Gasteiger partial charge on any atom is 0.342 e. The fraction of sp³-hybridized carbons (Fsp3) is 0.176. The van der Waals surface area contributed by atoms with Crippen molar-refractivity contribution in [3.63, 3.8) is 0 Å². The Kier molecular flexibility index (Phi) is 3.88. The van der Waals surface area contributed by atoms with Gasteiger partial charge in [-0.1, -0.05) is 12.1 Å². The Bertz CT molecular complexity index is 1020. The first-order valence-electron chi connectivity index (χ1n) is 7.12. The average Bonchev–Trinajstić information content (AvgIpc) is 2.93. The predicted octanol–water partition coefficient (Wildman–Crippen LogP) is 2.06. The maximum absolute atomic E-state index is 12.4. The molecule has 120 valence electrons. The van der Waals surface area contributed by atoms with Gasteiger partial charge >= 0.3 is 5.97 Å². The molecular weight excluding hydrogens is 310 g/mol. The lowest BCUT2D eigenvalue weighted by molar-refractivity contribution is 0.0472. The lowest BCUT2D eigenvalue weighted by Crippen LogP contribution is -2.19. The number of aryl methyl sites for hydroxylation is 2. The van der Waals surface area contributed by atoms with Crippen LogP contribution in [0.3, 0.4) is 0 Å². The van der Waals surface area contributed by atoms with Gasteiger partial charge in [0.15, 0.2) is 0 Å². The molecule has 0 N–H and O–H groups in total. The minimum absolute atomic E-state index is 0.0250. The molecule has 3 rings (SSSR count). The number of hydrogen-bond acceptors (Lipinski definition) is 6. The highest BCUT2D eigenvalue weighted by Crippen LogP contribution is 2.22. The topological polar surface area (TPSA) is 98.1 Å². The Balaban J connectivity index is 1.89. The second kappa shape index (κ2) is 6.01. The molecule has 0 saturated heterocycles. The SMILES string of the molecule is Cc1oc2ncn(C)c(=O)c2c1C(=O)OCc1ccc(C#N)cc1. The number of carbonyl (C=O) groups excluding carboxylic acids is 1. The molecule has 0 aliphatic heterocycles. The smallest absolute Gasteiger partial charge is 0.342 e. The van der Waals surface area contributed by atoms with Crippen LogP contribution in [-0.4, -0.2) is 15.5 Å². The number of fused-ring (bicyclic) bond motifs is 1. The Morgan fingerprint density at radius 3 is 2.75 bits per heavy atom. The number of benzene rings is 1. The van der Waals surface area contributed by atoms with Gasteiger partial charge in [-0.05, 0) is 24.6 Å². The van der Waals surface area contributed by atoms with Crippen molar-refractivity contribution in [3.8, 4) is 6.07 Å². The number of nitriles is 1. The van der Waals surface area contributed by atoms with Gasteiger partial charge in [-0.15, -0.1) is 0 Å². The van der Waals surface area contributed by atoms with E-state index in [4.69, 9.17) is 14.4 Å². The van der Waals surface area contributed by atoms with Crippen LogP contribution in [-0.2, 0) is 18.4 Å². The number of furan rings is 1. The molecule has 24 heavy (non-hydrogen) atoms. The van der Waals surface area contributed by atoms with Crippen molar-refractivity contribution in [1.29, 1.82) is 5.26 Å². The van der Waals surface area contributed by atoms with E-state index in [1.807, 2.05) is 6.07 Å². The molecular formula is C17H13N3O4. The van der Waals surface area contributed by atoms with Crippen LogP contribution in [0.15, 0.2) is 39.8 Å². The Hall–Kier alpha value is -3.40. The first-order chi connectivity index (χ1) is 11.5. The zero-order valence-corrected chi connectivity index (χ0v) is 13.1. The molecule has 0 atom stereocenters. The summed E-state index contributed by atoms with van der Waals surface area (Å²) in [6.45, 7) is 1.61. The fourth-order valence-corrected chi connectivity index (χ4v) is 2.33. The summed E-state index contributed by atoms with van der Waals surface area (Å²) >= 11 is 0. The highest BCUT2D eigenvalue weighted by molar-refractivity contribution is 6.03. The Morgan fingerprint density at radius 1 is 1.38 bits per heavy atom. The van der Waals surface area contributed by atoms with E-state index in [2.05, 4.69) is 4.98 Å². The standard InChI is InChI=1S/C17H13N3O4/c1-10-13(14-15(24-10)19-9-20(2)16(14)21)17(22)23-8-12-5-3-11(7-18)4-6-12/h3-6,9H,8H2,1-2H3. The second-order valence-corrected chi connectivity index (χ2v) is 5.26. The molecule has 2 aromatic heterocycles. The normalized spacial score (nSPS) is 10.5. The van der Waals surface area contributed by atoms with Gasteiger partial charge in [0.1, 0.15) is 29.6 Å². The first-order valence-corrected chi connectivity index (χ1v) is 7.12. The fourth-order valence-electron chi connectivity index (χ4n) is 2.33. The summed E-state index contributed by atoms with van der Waals surface area (Å²) in [5, 5.41) is 8.88. The summed E-state index contributed by atoms with van der Waals surface area (Å²) < 4.78 is 11.9. The molecule has 0 radical (unpaired) electrons. The first kappa shape index (κ1) is 15.5. The van der Waals surface area contributed by atoms with Crippen molar-refractivity contribution in [1.82, 2.24) is 9.55 Å². The van der Waals surface area contributed by atoms with Crippen LogP contribution in [0.5, 0.6) is 0 Å². The zero-order valence-electron chi connectivity index (χ0n) is 13.1. The van der Waals surface area contributed by atoms with Gasteiger partial charge in [0, 0.05) is 7.05 Å². The van der Waals surface area contributed by atoms with Crippen molar-refractivity contribution < 1.29 is 13.9 Å². The van der Waals surface area contributed by atoms with Gasteiger partial charge in [0.05, 0.1) is 11.6 Å². The van der Waals surface area contributed by atoms with Crippen LogP contribution in [0.1, 0.15) is 27.2 Å². The van der Waals surface area contributed by atoms with Crippen LogP contribution in [0.25, 0.3) is 11.1 Å². The molecule has 0 bridgehead atoms. The third-order valence-corrected chi connectivity index (χ3v) is 3.61. The predicted molar refractivity (Wildman–Crippen MR) is 84.3 cm³/mol. The van der Waals surface area contributed by atoms with E-state index in [1.54, 1.807) is 38.2 Å². The van der Waals surface area contributed by atoms with E-state index in [0.717, 1.165) is 5.56 Å². The number of aromatic nitrogens is 2. The lowest BCUT2D eigenvalue weighted by atomic mass is 10.1. The summed E-state index contributed by atoms with van der Waals surface area (Å²) in [6, 6.07) is 8.70. The van der Waals surface area contributed by atoms with Crippen LogP contribution in [0.4, 0.5) is 0 Å². The van der Waals surface area contributed by atoms with E-state index in [0.29, 0.717) is 5.56 Å². The lowest BCUT2D eigenvalue weighted by Gasteiger charge is -2.05. The third kappa shape index (κ3) is 2.65. The van der Waals surface area contributed by atoms with E-state index in [9.17, 15) is 9.59 Å². The summed E-state index contributed by atoms with van der Waals surface area (Å²) in [4.78, 5) is 28.6. The summed E-state index contributed by atoms with van der Waals surface area (Å²) in [6.07, 6.45) is 1.33. The van der Waals surface area contributed by atoms with Crippen molar-refractivity contribution in [3.05, 3.63) is 63.4 Å². The molecule has 1 aromatic carbocycles. The maximum atomic E-state index is 12.4. The Labute approximate surface area is 136 Å². The van der Waals surface area contributed by atoms with Crippen molar-refractivity contribution in [2.75, 3.05) is 0 Å². The molecule has 3 aromatic rings. The molecule has 7 nitrogen and oxygen atoms in total. The van der Waals surface area contributed by atoms with Gasteiger partial charge in [0.25, 0.3) is 5.56 Å². The molecule has 0 spiro atoms. The molecule has 0 aliphatic rings. The zero-order chi connectivity index (χ0) is 17.3. The average molecular weight is 323 g/mol. The van der Waals surface area contributed by atoms with E-state index in [1.165, 1.54) is 10.9 Å². The largest absolute Gasteiger partial charge is 0.457 e. The molecule has 2 heterocycles. The van der Waals surface area contributed by atoms with Gasteiger partial charge < -0.3 is 13.7 Å². The molecule has 0 aliphatic carbocycles. The van der Waals surface area contributed by atoms with Crippen molar-refractivity contribution in [2.45, 2.75) is 13.5 Å². The number of esters is 1. The highest BCUT2D eigenvalue weighted by Gasteiger charge is 2.23. The van der Waals surface area contributed by atoms with Crippen LogP contribution in [0.2, 0.25) is 0 Å².